The van der Waals surface area contributed by atoms with Gasteiger partial charge in [0.05, 0.1) is 25.1 Å². The molecule has 35 heavy (non-hydrogen) atoms. The molecule has 1 aliphatic heterocycles. The number of morpholine rings is 1. The highest BCUT2D eigenvalue weighted by Gasteiger charge is 2.14. The molecule has 0 aliphatic carbocycles. The Bertz CT molecular complexity index is 1310. The fraction of sp³-hybridized carbons (Fsp3) is 0.192. The summed E-state index contributed by atoms with van der Waals surface area (Å²) < 4.78 is 11.1. The van der Waals surface area contributed by atoms with E-state index in [1.807, 2.05) is 41.8 Å². The Morgan fingerprint density at radius 2 is 1.83 bits per heavy atom. The Hall–Kier alpha value is -3.95. The van der Waals surface area contributed by atoms with Crippen molar-refractivity contribution in [1.82, 2.24) is 10.4 Å². The highest BCUT2D eigenvalue weighted by atomic mass is 32.1. The number of anilines is 3. The number of carbonyl (C=O) groups excluding carboxylic acids is 1. The summed E-state index contributed by atoms with van der Waals surface area (Å²) in [4.78, 5) is 19.2. The van der Waals surface area contributed by atoms with Crippen molar-refractivity contribution in [3.8, 4) is 11.3 Å². The molecular weight excluding hydrogens is 462 g/mol. The molecule has 0 atom stereocenters. The fourth-order valence-electron chi connectivity index (χ4n) is 3.60. The number of rotatable bonds is 7. The molecule has 0 bridgehead atoms. The maximum absolute atomic E-state index is 12.5. The summed E-state index contributed by atoms with van der Waals surface area (Å²) in [6.07, 6.45) is 1.49. The largest absolute Gasteiger partial charge is 0.440 e. The second kappa shape index (κ2) is 10.5. The molecule has 2 aromatic heterocycles. The number of hydrogen-bond acceptors (Lipinski definition) is 8. The first-order valence-corrected chi connectivity index (χ1v) is 12.2. The van der Waals surface area contributed by atoms with Gasteiger partial charge in [0.25, 0.3) is 5.91 Å². The van der Waals surface area contributed by atoms with Gasteiger partial charge in [-0.2, -0.15) is 5.10 Å². The van der Waals surface area contributed by atoms with E-state index < -0.39 is 0 Å². The Balaban J connectivity index is 1.16. The SMILES string of the molecule is Cc1ccc(Nc2nc(-c3ccc(C(=O)N/N=C\c4ccc(N5CCOCC5)o4)cc3)cs2)cc1. The van der Waals surface area contributed by atoms with E-state index in [-0.39, 0.29) is 5.91 Å². The van der Waals surface area contributed by atoms with E-state index in [9.17, 15) is 4.79 Å². The van der Waals surface area contributed by atoms with Crippen LogP contribution < -0.4 is 15.6 Å². The molecule has 1 aliphatic rings. The lowest BCUT2D eigenvalue weighted by Gasteiger charge is -2.26. The van der Waals surface area contributed by atoms with Crippen molar-refractivity contribution < 1.29 is 13.9 Å². The smallest absolute Gasteiger partial charge is 0.271 e. The van der Waals surface area contributed by atoms with Crippen LogP contribution in [0.15, 0.2) is 75.6 Å². The standard InChI is InChI=1S/C26H25N5O3S/c1-18-2-8-21(9-3-18)28-26-29-23(17-35-26)19-4-6-20(7-5-19)25(32)30-27-16-22-10-11-24(34-22)31-12-14-33-15-13-31/h2-11,16-17H,12-15H2,1H3,(H,28,29)(H,30,32)/b27-16-. The van der Waals surface area contributed by atoms with Gasteiger partial charge in [-0.1, -0.05) is 29.8 Å². The summed E-state index contributed by atoms with van der Waals surface area (Å²) in [7, 11) is 0. The van der Waals surface area contributed by atoms with E-state index in [1.54, 1.807) is 12.1 Å². The van der Waals surface area contributed by atoms with Crippen LogP contribution in [0, 0.1) is 6.92 Å². The summed E-state index contributed by atoms with van der Waals surface area (Å²) in [6, 6.07) is 19.2. The summed E-state index contributed by atoms with van der Waals surface area (Å²) in [5.41, 5.74) is 7.04. The average Bonchev–Trinajstić information content (AvgIpc) is 3.56. The minimum absolute atomic E-state index is 0.298. The molecule has 2 aromatic carbocycles. The third kappa shape index (κ3) is 5.76. The van der Waals surface area contributed by atoms with Crippen molar-refractivity contribution in [3.63, 3.8) is 0 Å². The number of hydrazone groups is 1. The molecule has 0 unspecified atom stereocenters. The van der Waals surface area contributed by atoms with Gasteiger partial charge in [-0.3, -0.25) is 4.79 Å². The van der Waals surface area contributed by atoms with E-state index >= 15 is 0 Å². The highest BCUT2D eigenvalue weighted by molar-refractivity contribution is 7.14. The molecule has 8 nitrogen and oxygen atoms in total. The topological polar surface area (TPSA) is 92.0 Å². The lowest BCUT2D eigenvalue weighted by molar-refractivity contribution is 0.0955. The number of ether oxygens (including phenoxy) is 1. The van der Waals surface area contributed by atoms with Crippen LogP contribution in [0.1, 0.15) is 21.7 Å². The quantitative estimate of drug-likeness (QED) is 0.280. The van der Waals surface area contributed by atoms with Crippen molar-refractivity contribution in [3.05, 3.63) is 82.9 Å². The third-order valence-corrected chi connectivity index (χ3v) is 6.30. The van der Waals surface area contributed by atoms with Crippen LogP contribution in [0.3, 0.4) is 0 Å². The molecule has 1 fully saturated rings. The normalized spacial score (nSPS) is 13.8. The van der Waals surface area contributed by atoms with Crippen LogP contribution in [0.4, 0.5) is 16.7 Å². The van der Waals surface area contributed by atoms with Crippen LogP contribution in [-0.2, 0) is 4.74 Å². The lowest BCUT2D eigenvalue weighted by atomic mass is 10.1. The van der Waals surface area contributed by atoms with Crippen LogP contribution in [-0.4, -0.2) is 43.4 Å². The second-order valence-corrected chi connectivity index (χ2v) is 8.94. The molecule has 0 radical (unpaired) electrons. The van der Waals surface area contributed by atoms with E-state index in [1.165, 1.54) is 23.1 Å². The lowest BCUT2D eigenvalue weighted by Crippen LogP contribution is -2.35. The van der Waals surface area contributed by atoms with Gasteiger partial charge in [-0.15, -0.1) is 11.3 Å². The van der Waals surface area contributed by atoms with Crippen molar-refractivity contribution in [2.45, 2.75) is 6.92 Å². The molecule has 5 rings (SSSR count). The molecule has 3 heterocycles. The van der Waals surface area contributed by atoms with Crippen LogP contribution in [0.25, 0.3) is 11.3 Å². The zero-order valence-corrected chi connectivity index (χ0v) is 20.0. The van der Waals surface area contributed by atoms with Gasteiger partial charge in [-0.25, -0.2) is 10.4 Å². The number of amides is 1. The van der Waals surface area contributed by atoms with Gasteiger partial charge < -0.3 is 19.4 Å². The fourth-order valence-corrected chi connectivity index (χ4v) is 4.34. The molecule has 9 heteroatoms. The van der Waals surface area contributed by atoms with E-state index in [4.69, 9.17) is 9.15 Å². The summed E-state index contributed by atoms with van der Waals surface area (Å²) >= 11 is 1.53. The number of carbonyl (C=O) groups is 1. The Labute approximate surface area is 207 Å². The van der Waals surface area contributed by atoms with Crippen LogP contribution in [0.2, 0.25) is 0 Å². The molecule has 1 amide bonds. The van der Waals surface area contributed by atoms with Crippen molar-refractivity contribution in [2.24, 2.45) is 5.10 Å². The number of benzene rings is 2. The van der Waals surface area contributed by atoms with Gasteiger partial charge in [0.1, 0.15) is 5.76 Å². The Morgan fingerprint density at radius 1 is 1.06 bits per heavy atom. The first-order valence-electron chi connectivity index (χ1n) is 11.3. The number of thiazole rings is 1. The minimum Gasteiger partial charge on any atom is -0.440 e. The van der Waals surface area contributed by atoms with Crippen molar-refractivity contribution in [1.29, 1.82) is 0 Å². The second-order valence-electron chi connectivity index (χ2n) is 8.08. The molecule has 4 aromatic rings. The Kier molecular flexibility index (Phi) is 6.87. The molecule has 178 valence electrons. The van der Waals surface area contributed by atoms with Gasteiger partial charge in [0, 0.05) is 41.4 Å². The third-order valence-electron chi connectivity index (χ3n) is 5.54. The number of furan rings is 1. The summed E-state index contributed by atoms with van der Waals surface area (Å²) in [5, 5.41) is 10.1. The zero-order chi connectivity index (χ0) is 24.0. The van der Waals surface area contributed by atoms with Crippen molar-refractivity contribution >= 4 is 40.2 Å². The van der Waals surface area contributed by atoms with Crippen LogP contribution >= 0.6 is 11.3 Å². The van der Waals surface area contributed by atoms with Gasteiger partial charge >= 0.3 is 0 Å². The number of hydrogen-bond donors (Lipinski definition) is 2. The van der Waals surface area contributed by atoms with E-state index in [0.29, 0.717) is 24.5 Å². The molecule has 0 spiro atoms. The average molecular weight is 488 g/mol. The number of nitrogens with zero attached hydrogens (tertiary/aromatic N) is 3. The van der Waals surface area contributed by atoms with Gasteiger partial charge in [0.2, 0.25) is 0 Å². The predicted octanol–water partition coefficient (Wildman–Crippen LogP) is 5.06. The number of aromatic nitrogens is 1. The molecule has 1 saturated heterocycles. The summed E-state index contributed by atoms with van der Waals surface area (Å²) in [5.74, 6) is 1.05. The van der Waals surface area contributed by atoms with Crippen LogP contribution in [0.5, 0.6) is 0 Å². The molecule has 2 N–H and O–H groups in total. The monoisotopic (exact) mass is 487 g/mol. The van der Waals surface area contributed by atoms with E-state index in [0.717, 1.165) is 41.1 Å². The predicted molar refractivity (Wildman–Crippen MR) is 139 cm³/mol. The molecular formula is C26H25N5O3S. The van der Waals surface area contributed by atoms with Gasteiger partial charge in [0.15, 0.2) is 11.0 Å². The zero-order valence-electron chi connectivity index (χ0n) is 19.2. The maximum atomic E-state index is 12.5. The first kappa shape index (κ1) is 22.8. The first-order chi connectivity index (χ1) is 17.1. The minimum atomic E-state index is -0.298. The number of aryl methyl sites for hydroxylation is 1. The number of nitrogens with one attached hydrogen (secondary N) is 2. The van der Waals surface area contributed by atoms with Crippen molar-refractivity contribution in [2.75, 3.05) is 36.5 Å². The van der Waals surface area contributed by atoms with Gasteiger partial charge in [-0.05, 0) is 37.3 Å². The highest BCUT2D eigenvalue weighted by Crippen LogP contribution is 2.27. The molecule has 0 saturated carbocycles. The van der Waals surface area contributed by atoms with E-state index in [2.05, 4.69) is 44.8 Å². The maximum Gasteiger partial charge on any atom is 0.271 e. The summed E-state index contributed by atoms with van der Waals surface area (Å²) in [6.45, 7) is 5.02. The Morgan fingerprint density at radius 3 is 2.60 bits per heavy atom.